The minimum absolute atomic E-state index is 0.0186. The molecule has 0 heterocycles. The zero-order valence-electron chi connectivity index (χ0n) is 14.5. The van der Waals surface area contributed by atoms with Crippen molar-refractivity contribution in [1.82, 2.24) is 4.31 Å². The first kappa shape index (κ1) is 21.0. The van der Waals surface area contributed by atoms with E-state index in [0.29, 0.717) is 15.8 Å². The molecule has 0 aliphatic rings. The van der Waals surface area contributed by atoms with E-state index in [1.54, 1.807) is 0 Å². The fraction of sp³-hybridized carbons (Fsp3) is 0.176. The van der Waals surface area contributed by atoms with Crippen LogP contribution in [0.1, 0.15) is 6.92 Å². The van der Waals surface area contributed by atoms with E-state index in [9.17, 15) is 22.4 Å². The van der Waals surface area contributed by atoms with Crippen LogP contribution in [0.5, 0.6) is 0 Å². The molecule has 27 heavy (non-hydrogen) atoms. The molecule has 2 amide bonds. The Morgan fingerprint density at radius 3 is 2.30 bits per heavy atom. The number of carbonyl (C=O) groups is 2. The molecule has 2 rings (SSSR count). The number of nitrogens with one attached hydrogen (secondary N) is 2. The van der Waals surface area contributed by atoms with Gasteiger partial charge in [-0.3, -0.25) is 9.59 Å². The summed E-state index contributed by atoms with van der Waals surface area (Å²) in [6.45, 7) is 0.913. The number of likely N-dealkylation sites (N-methyl/N-ethyl adjacent to an activating group) is 1. The number of hydrogen-bond donors (Lipinski definition) is 2. The van der Waals surface area contributed by atoms with Crippen LogP contribution in [0.25, 0.3) is 0 Å². The number of sulfonamides is 1. The molecule has 0 spiro atoms. The third-order valence-electron chi connectivity index (χ3n) is 3.45. The third kappa shape index (κ3) is 5.59. The predicted octanol–water partition coefficient (Wildman–Crippen LogP) is 2.81. The Hall–Kier alpha value is -2.30. The van der Waals surface area contributed by atoms with Crippen molar-refractivity contribution in [3.8, 4) is 0 Å². The predicted molar refractivity (Wildman–Crippen MR) is 103 cm³/mol. The number of amides is 2. The van der Waals surface area contributed by atoms with Crippen LogP contribution in [0, 0.1) is 5.82 Å². The molecule has 0 aromatic heterocycles. The van der Waals surface area contributed by atoms with Gasteiger partial charge in [-0.15, -0.1) is 0 Å². The molecule has 0 fully saturated rings. The van der Waals surface area contributed by atoms with Gasteiger partial charge < -0.3 is 10.6 Å². The average molecular weight is 458 g/mol. The molecule has 0 atom stereocenters. The first-order valence-corrected chi connectivity index (χ1v) is 9.92. The molecular weight excluding hydrogens is 441 g/mol. The molecule has 2 N–H and O–H groups in total. The summed E-state index contributed by atoms with van der Waals surface area (Å²) in [5, 5.41) is 5.06. The molecule has 0 aliphatic carbocycles. The summed E-state index contributed by atoms with van der Waals surface area (Å²) in [5.74, 6) is -1.32. The first-order valence-electron chi connectivity index (χ1n) is 7.68. The Morgan fingerprint density at radius 1 is 1.11 bits per heavy atom. The smallest absolute Gasteiger partial charge is 0.243 e. The second-order valence-corrected chi connectivity index (χ2v) is 8.54. The van der Waals surface area contributed by atoms with Crippen molar-refractivity contribution in [2.75, 3.05) is 24.2 Å². The van der Waals surface area contributed by atoms with E-state index in [-0.39, 0.29) is 10.8 Å². The van der Waals surface area contributed by atoms with Crippen molar-refractivity contribution in [2.45, 2.75) is 11.8 Å². The van der Waals surface area contributed by atoms with Gasteiger partial charge in [-0.25, -0.2) is 12.8 Å². The highest BCUT2D eigenvalue weighted by Crippen LogP contribution is 2.23. The van der Waals surface area contributed by atoms with Crippen LogP contribution >= 0.6 is 15.9 Å². The SMILES string of the molecule is CC(=O)Nc1ccc(S(=O)(=O)N(C)CC(=O)Nc2ccc(F)cc2Br)cc1. The van der Waals surface area contributed by atoms with E-state index in [2.05, 4.69) is 26.6 Å². The maximum atomic E-state index is 13.1. The summed E-state index contributed by atoms with van der Waals surface area (Å²) in [6.07, 6.45) is 0. The van der Waals surface area contributed by atoms with Crippen LogP contribution in [0.15, 0.2) is 51.8 Å². The number of hydrogen-bond acceptors (Lipinski definition) is 4. The lowest BCUT2D eigenvalue weighted by Gasteiger charge is -2.17. The van der Waals surface area contributed by atoms with Crippen LogP contribution in [-0.2, 0) is 19.6 Å². The molecule has 2 aromatic rings. The number of halogens is 2. The van der Waals surface area contributed by atoms with E-state index >= 15 is 0 Å². The van der Waals surface area contributed by atoms with Gasteiger partial charge in [0.05, 0.1) is 17.1 Å². The summed E-state index contributed by atoms with van der Waals surface area (Å²) in [6, 6.07) is 9.32. The van der Waals surface area contributed by atoms with Crippen LogP contribution < -0.4 is 10.6 Å². The average Bonchev–Trinajstić information content (AvgIpc) is 2.57. The van der Waals surface area contributed by atoms with Gasteiger partial charge in [0.15, 0.2) is 0 Å². The van der Waals surface area contributed by atoms with E-state index < -0.39 is 28.3 Å². The number of anilines is 2. The van der Waals surface area contributed by atoms with Crippen LogP contribution in [0.2, 0.25) is 0 Å². The molecule has 0 saturated carbocycles. The van der Waals surface area contributed by atoms with Gasteiger partial charge in [-0.05, 0) is 58.4 Å². The highest BCUT2D eigenvalue weighted by atomic mass is 79.9. The van der Waals surface area contributed by atoms with Crippen LogP contribution in [-0.4, -0.2) is 38.1 Å². The van der Waals surface area contributed by atoms with Gasteiger partial charge in [-0.1, -0.05) is 0 Å². The van der Waals surface area contributed by atoms with Crippen molar-refractivity contribution in [2.24, 2.45) is 0 Å². The molecule has 0 unspecified atom stereocenters. The fourth-order valence-corrected chi connectivity index (χ4v) is 3.74. The molecule has 0 bridgehead atoms. The molecule has 0 saturated heterocycles. The summed E-state index contributed by atoms with van der Waals surface area (Å²) >= 11 is 3.13. The van der Waals surface area contributed by atoms with Gasteiger partial charge in [0, 0.05) is 24.1 Å². The number of rotatable bonds is 6. The van der Waals surface area contributed by atoms with Crippen LogP contribution in [0.4, 0.5) is 15.8 Å². The Morgan fingerprint density at radius 2 is 1.74 bits per heavy atom. The Balaban J connectivity index is 2.07. The zero-order chi connectivity index (χ0) is 20.2. The minimum Gasteiger partial charge on any atom is -0.326 e. The van der Waals surface area contributed by atoms with E-state index in [0.717, 1.165) is 4.31 Å². The second kappa shape index (κ2) is 8.59. The van der Waals surface area contributed by atoms with Crippen molar-refractivity contribution in [3.63, 3.8) is 0 Å². The lowest BCUT2D eigenvalue weighted by atomic mass is 10.3. The van der Waals surface area contributed by atoms with E-state index in [1.165, 1.54) is 56.4 Å². The van der Waals surface area contributed by atoms with Gasteiger partial charge in [0.25, 0.3) is 0 Å². The highest BCUT2D eigenvalue weighted by molar-refractivity contribution is 9.10. The maximum absolute atomic E-state index is 13.1. The summed E-state index contributed by atoms with van der Waals surface area (Å²) in [4.78, 5) is 23.1. The van der Waals surface area contributed by atoms with E-state index in [4.69, 9.17) is 0 Å². The largest absolute Gasteiger partial charge is 0.326 e. The molecule has 0 aliphatic heterocycles. The number of carbonyl (C=O) groups excluding carboxylic acids is 2. The van der Waals surface area contributed by atoms with Gasteiger partial charge >= 0.3 is 0 Å². The first-order chi connectivity index (χ1) is 12.6. The summed E-state index contributed by atoms with van der Waals surface area (Å²) in [7, 11) is -2.63. The lowest BCUT2D eigenvalue weighted by molar-refractivity contribution is -0.116. The monoisotopic (exact) mass is 457 g/mol. The molecular formula is C17H17BrFN3O4S. The minimum atomic E-state index is -3.90. The Kier molecular flexibility index (Phi) is 6.68. The van der Waals surface area contributed by atoms with Gasteiger partial charge in [0.1, 0.15) is 5.82 Å². The molecule has 10 heteroatoms. The number of benzene rings is 2. The van der Waals surface area contributed by atoms with Crippen molar-refractivity contribution >= 4 is 49.1 Å². The van der Waals surface area contributed by atoms with Gasteiger partial charge in [0.2, 0.25) is 21.8 Å². The molecule has 144 valence electrons. The quantitative estimate of drug-likeness (QED) is 0.696. The topological polar surface area (TPSA) is 95.6 Å². The Bertz CT molecular complexity index is 965. The van der Waals surface area contributed by atoms with Gasteiger partial charge in [-0.2, -0.15) is 4.31 Å². The molecule has 0 radical (unpaired) electrons. The lowest BCUT2D eigenvalue weighted by Crippen LogP contribution is -2.35. The standard InChI is InChI=1S/C17H17BrFN3O4S/c1-11(23)20-13-4-6-14(7-5-13)27(25,26)22(2)10-17(24)21-16-8-3-12(19)9-15(16)18/h3-9H,10H2,1-2H3,(H,20,23)(H,21,24). The second-order valence-electron chi connectivity index (χ2n) is 5.64. The van der Waals surface area contributed by atoms with Crippen molar-refractivity contribution in [3.05, 3.63) is 52.8 Å². The highest BCUT2D eigenvalue weighted by Gasteiger charge is 2.23. The van der Waals surface area contributed by atoms with Crippen LogP contribution in [0.3, 0.4) is 0 Å². The molecule has 7 nitrogen and oxygen atoms in total. The maximum Gasteiger partial charge on any atom is 0.243 e. The normalized spacial score (nSPS) is 11.3. The van der Waals surface area contributed by atoms with E-state index in [1.807, 2.05) is 0 Å². The molecule has 2 aromatic carbocycles. The third-order valence-corrected chi connectivity index (χ3v) is 5.93. The fourth-order valence-electron chi connectivity index (χ4n) is 2.16. The van der Waals surface area contributed by atoms with Crippen molar-refractivity contribution in [1.29, 1.82) is 0 Å². The zero-order valence-corrected chi connectivity index (χ0v) is 16.9. The number of nitrogens with zero attached hydrogens (tertiary/aromatic N) is 1. The Labute approximate surface area is 164 Å². The van der Waals surface area contributed by atoms with Crippen molar-refractivity contribution < 1.29 is 22.4 Å². The summed E-state index contributed by atoms with van der Waals surface area (Å²) < 4.78 is 39.5. The summed E-state index contributed by atoms with van der Waals surface area (Å²) in [5.41, 5.74) is 0.787.